The highest BCUT2D eigenvalue weighted by atomic mass is 35.5. The molecular formula is C28H26Cl4N4O. The Kier molecular flexibility index (Phi) is 7.99. The van der Waals surface area contributed by atoms with Crippen LogP contribution < -0.4 is 10.2 Å². The first-order chi connectivity index (χ1) is 17.8. The summed E-state index contributed by atoms with van der Waals surface area (Å²) in [5.41, 5.74) is 3.59. The Bertz CT molecular complexity index is 1320. The number of amides is 2. The fourth-order valence-corrected chi connectivity index (χ4v) is 6.07. The number of benzene rings is 2. The molecule has 192 valence electrons. The summed E-state index contributed by atoms with van der Waals surface area (Å²) < 4.78 is 0. The Morgan fingerprint density at radius 3 is 2.51 bits per heavy atom. The molecule has 1 N–H and O–H groups in total. The van der Waals surface area contributed by atoms with Crippen LogP contribution in [0.1, 0.15) is 29.5 Å². The number of hydrogen-bond donors (Lipinski definition) is 1. The maximum Gasteiger partial charge on any atom is 0.322 e. The van der Waals surface area contributed by atoms with E-state index >= 15 is 0 Å². The number of carbonyl (C=O) groups excluding carboxylic acids is 1. The fraction of sp³-hybridized carbons (Fsp3) is 0.286. The standard InChI is InChI=1S/C28H26Cl4N4O/c29-21-5-3-19(4-6-21)2-1-13-35-14-10-28(11-15-35)18-36(23-8-7-22(30)26(32)25(23)28)27(37)34-17-20-9-12-33-24(31)16-20/h1-9,12,16H,10-11,13-15,17-18H2,(H,34,37). The summed E-state index contributed by atoms with van der Waals surface area (Å²) in [6, 6.07) is 14.9. The SMILES string of the molecule is O=C(NCc1ccnc(Cl)c1)N1CC2(CCN(CC=Cc3ccc(Cl)cc3)CC2)c2c1ccc(Cl)c2Cl. The van der Waals surface area contributed by atoms with Gasteiger partial charge in [0.05, 0.1) is 15.7 Å². The van der Waals surface area contributed by atoms with Crippen molar-refractivity contribution >= 4 is 64.2 Å². The molecule has 9 heteroatoms. The van der Waals surface area contributed by atoms with Gasteiger partial charge in [0.15, 0.2) is 0 Å². The smallest absolute Gasteiger partial charge is 0.322 e. The van der Waals surface area contributed by atoms with Crippen LogP contribution in [0.4, 0.5) is 10.5 Å². The van der Waals surface area contributed by atoms with Crippen molar-refractivity contribution in [1.82, 2.24) is 15.2 Å². The zero-order valence-electron chi connectivity index (χ0n) is 20.1. The zero-order valence-corrected chi connectivity index (χ0v) is 23.1. The Morgan fingerprint density at radius 2 is 1.78 bits per heavy atom. The number of hydrogen-bond acceptors (Lipinski definition) is 3. The quantitative estimate of drug-likeness (QED) is 0.321. The van der Waals surface area contributed by atoms with Gasteiger partial charge in [0, 0.05) is 41.8 Å². The molecule has 0 saturated carbocycles. The summed E-state index contributed by atoms with van der Waals surface area (Å²) in [7, 11) is 0. The van der Waals surface area contributed by atoms with E-state index < -0.39 is 0 Å². The van der Waals surface area contributed by atoms with Crippen LogP contribution >= 0.6 is 46.4 Å². The van der Waals surface area contributed by atoms with E-state index in [9.17, 15) is 4.79 Å². The number of nitrogens with zero attached hydrogens (tertiary/aromatic N) is 3. The molecule has 1 aromatic heterocycles. The third-order valence-corrected chi connectivity index (χ3v) is 8.45. The highest BCUT2D eigenvalue weighted by Crippen LogP contribution is 2.51. The summed E-state index contributed by atoms with van der Waals surface area (Å²) in [5.74, 6) is 0. The first-order valence-corrected chi connectivity index (χ1v) is 13.6. The van der Waals surface area contributed by atoms with E-state index in [-0.39, 0.29) is 11.4 Å². The molecule has 2 aliphatic rings. The summed E-state index contributed by atoms with van der Waals surface area (Å²) >= 11 is 25.2. The van der Waals surface area contributed by atoms with Crippen molar-refractivity contribution in [2.75, 3.05) is 31.1 Å². The van der Waals surface area contributed by atoms with Gasteiger partial charge < -0.3 is 5.32 Å². The topological polar surface area (TPSA) is 48.5 Å². The average Bonchev–Trinajstić information content (AvgIpc) is 3.21. The number of rotatable bonds is 5. The minimum atomic E-state index is -0.231. The molecule has 3 aromatic rings. The number of carbonyl (C=O) groups is 1. The molecule has 0 radical (unpaired) electrons. The van der Waals surface area contributed by atoms with Gasteiger partial charge in [-0.05, 0) is 73.5 Å². The minimum Gasteiger partial charge on any atom is -0.334 e. The fourth-order valence-electron chi connectivity index (χ4n) is 5.23. The van der Waals surface area contributed by atoms with E-state index in [2.05, 4.69) is 27.4 Å². The molecule has 0 unspecified atom stereocenters. The van der Waals surface area contributed by atoms with Crippen LogP contribution in [0.2, 0.25) is 20.2 Å². The van der Waals surface area contributed by atoms with E-state index in [0.717, 1.165) is 59.9 Å². The number of piperidine rings is 1. The number of likely N-dealkylation sites (tertiary alicyclic amines) is 1. The van der Waals surface area contributed by atoms with Crippen molar-refractivity contribution in [3.05, 3.63) is 97.7 Å². The second-order valence-electron chi connectivity index (χ2n) is 9.52. The lowest BCUT2D eigenvalue weighted by Gasteiger charge is -2.39. The second kappa shape index (κ2) is 11.2. The molecule has 2 aliphatic heterocycles. The van der Waals surface area contributed by atoms with Gasteiger partial charge in [-0.25, -0.2) is 9.78 Å². The van der Waals surface area contributed by atoms with Crippen molar-refractivity contribution in [3.63, 3.8) is 0 Å². The average molecular weight is 576 g/mol. The number of halogens is 4. The summed E-state index contributed by atoms with van der Waals surface area (Å²) in [5, 5.41) is 5.21. The molecular weight excluding hydrogens is 550 g/mol. The summed E-state index contributed by atoms with van der Waals surface area (Å²) in [6.07, 6.45) is 7.70. The van der Waals surface area contributed by atoms with E-state index in [1.165, 1.54) is 0 Å². The number of aromatic nitrogens is 1. The van der Waals surface area contributed by atoms with E-state index in [0.29, 0.717) is 28.3 Å². The highest BCUT2D eigenvalue weighted by Gasteiger charge is 2.48. The van der Waals surface area contributed by atoms with Crippen molar-refractivity contribution in [2.24, 2.45) is 0 Å². The second-order valence-corrected chi connectivity index (χ2v) is 11.1. The summed E-state index contributed by atoms with van der Waals surface area (Å²) in [6.45, 7) is 3.58. The van der Waals surface area contributed by atoms with Crippen LogP contribution in [0.3, 0.4) is 0 Å². The van der Waals surface area contributed by atoms with Crippen LogP contribution in [0, 0.1) is 0 Å². The Hall–Kier alpha value is -2.28. The maximum atomic E-state index is 13.3. The molecule has 3 heterocycles. The number of fused-ring (bicyclic) bond motifs is 2. The first-order valence-electron chi connectivity index (χ1n) is 12.1. The van der Waals surface area contributed by atoms with Crippen LogP contribution in [-0.2, 0) is 12.0 Å². The lowest BCUT2D eigenvalue weighted by atomic mass is 9.74. The van der Waals surface area contributed by atoms with E-state index in [1.807, 2.05) is 36.4 Å². The number of pyridine rings is 1. The van der Waals surface area contributed by atoms with E-state index in [1.54, 1.807) is 23.2 Å². The van der Waals surface area contributed by atoms with Gasteiger partial charge in [-0.1, -0.05) is 70.7 Å². The molecule has 37 heavy (non-hydrogen) atoms. The molecule has 1 fully saturated rings. The number of nitrogens with one attached hydrogen (secondary N) is 1. The molecule has 2 amide bonds. The Morgan fingerprint density at radius 1 is 1.03 bits per heavy atom. The molecule has 1 spiro atoms. The molecule has 1 saturated heterocycles. The molecule has 0 bridgehead atoms. The molecule has 0 atom stereocenters. The number of anilines is 1. The lowest BCUT2D eigenvalue weighted by molar-refractivity contribution is 0.180. The first kappa shape index (κ1) is 26.3. The Labute approximate surface area is 237 Å². The van der Waals surface area contributed by atoms with Gasteiger partial charge >= 0.3 is 6.03 Å². The largest absolute Gasteiger partial charge is 0.334 e. The lowest BCUT2D eigenvalue weighted by Crippen LogP contribution is -2.47. The van der Waals surface area contributed by atoms with Gasteiger partial charge in [0.2, 0.25) is 0 Å². The van der Waals surface area contributed by atoms with Crippen molar-refractivity contribution in [3.8, 4) is 0 Å². The van der Waals surface area contributed by atoms with Gasteiger partial charge in [-0.15, -0.1) is 0 Å². The normalized spacial score (nSPS) is 16.9. The van der Waals surface area contributed by atoms with Gasteiger partial charge in [-0.2, -0.15) is 0 Å². The Balaban J connectivity index is 1.28. The van der Waals surface area contributed by atoms with Gasteiger partial charge in [0.25, 0.3) is 0 Å². The zero-order chi connectivity index (χ0) is 26.0. The predicted molar refractivity (Wildman–Crippen MR) is 153 cm³/mol. The molecule has 0 aliphatic carbocycles. The molecule has 5 rings (SSSR count). The highest BCUT2D eigenvalue weighted by molar-refractivity contribution is 6.43. The van der Waals surface area contributed by atoms with Crippen LogP contribution in [0.25, 0.3) is 6.08 Å². The van der Waals surface area contributed by atoms with E-state index in [4.69, 9.17) is 46.4 Å². The van der Waals surface area contributed by atoms with Gasteiger partial charge in [-0.3, -0.25) is 9.80 Å². The third-order valence-electron chi connectivity index (χ3n) is 7.19. The molecule has 2 aromatic carbocycles. The van der Waals surface area contributed by atoms with Crippen molar-refractivity contribution < 1.29 is 4.79 Å². The maximum absolute atomic E-state index is 13.3. The van der Waals surface area contributed by atoms with Crippen LogP contribution in [0.5, 0.6) is 0 Å². The van der Waals surface area contributed by atoms with Crippen LogP contribution in [-0.4, -0.2) is 42.1 Å². The number of urea groups is 1. The third kappa shape index (κ3) is 5.76. The predicted octanol–water partition coefficient (Wildman–Crippen LogP) is 7.47. The van der Waals surface area contributed by atoms with Gasteiger partial charge in [0.1, 0.15) is 5.15 Å². The minimum absolute atomic E-state index is 0.169. The molecule has 5 nitrogen and oxygen atoms in total. The summed E-state index contributed by atoms with van der Waals surface area (Å²) in [4.78, 5) is 21.5. The monoisotopic (exact) mass is 574 g/mol. The van der Waals surface area contributed by atoms with Crippen LogP contribution in [0.15, 0.2) is 60.8 Å². The van der Waals surface area contributed by atoms with Crippen molar-refractivity contribution in [1.29, 1.82) is 0 Å². The van der Waals surface area contributed by atoms with Crippen molar-refractivity contribution in [2.45, 2.75) is 24.8 Å².